The molecule has 4 rings (SSSR count). The largest absolute Gasteiger partial charge is 0.395 e. The molecule has 0 bridgehead atoms. The topological polar surface area (TPSA) is 34.5 Å². The van der Waals surface area contributed by atoms with Gasteiger partial charge in [-0.05, 0) is 28.5 Å². The van der Waals surface area contributed by atoms with Gasteiger partial charge in [0.15, 0.2) is 0 Å². The Bertz CT molecular complexity index is 1040. The summed E-state index contributed by atoms with van der Waals surface area (Å²) in [6.45, 7) is 0.526. The van der Waals surface area contributed by atoms with E-state index >= 15 is 0 Å². The number of benzene rings is 3. The van der Waals surface area contributed by atoms with Crippen LogP contribution in [0.25, 0.3) is 10.8 Å². The van der Waals surface area contributed by atoms with Gasteiger partial charge in [0.05, 0.1) is 0 Å². The van der Waals surface area contributed by atoms with Crippen molar-refractivity contribution in [1.29, 1.82) is 0 Å². The molecule has 0 radical (unpaired) electrons. The molecule has 3 aromatic carbocycles. The fourth-order valence-electron chi connectivity index (χ4n) is 3.11. The lowest BCUT2D eigenvalue weighted by molar-refractivity contribution is 0.148. The van der Waals surface area contributed by atoms with E-state index < -0.39 is 0 Å². The molecule has 0 saturated heterocycles. The molecule has 0 fully saturated rings. The van der Waals surface area contributed by atoms with Crippen LogP contribution in [0.4, 0.5) is 0 Å². The molecule has 4 aromatic rings. The second-order valence-corrected chi connectivity index (χ2v) is 6.28. The fraction of sp³-hybridized carbons (Fsp3) is 0.0833. The summed E-state index contributed by atoms with van der Waals surface area (Å²) in [5.74, 6) is 0. The van der Waals surface area contributed by atoms with Crippen molar-refractivity contribution in [2.45, 2.75) is 6.42 Å². The molecule has 0 N–H and O–H groups in total. The number of aromatic nitrogens is 1. The summed E-state index contributed by atoms with van der Waals surface area (Å²) in [5.41, 5.74) is 4.02. The molecule has 1 aromatic heterocycles. The number of hydrogen-bond donors (Lipinski definition) is 0. The average Bonchev–Trinajstić information content (AvgIpc) is 2.75. The molecule has 27 heavy (non-hydrogen) atoms. The van der Waals surface area contributed by atoms with Crippen LogP contribution >= 0.6 is 0 Å². The molecule has 0 atom stereocenters. The third kappa shape index (κ3) is 4.04. The van der Waals surface area contributed by atoms with Gasteiger partial charge in [-0.25, -0.2) is 0 Å². The minimum Gasteiger partial charge on any atom is -0.395 e. The summed E-state index contributed by atoms with van der Waals surface area (Å²) < 4.78 is 0. The van der Waals surface area contributed by atoms with Gasteiger partial charge >= 0.3 is 0 Å². The second kappa shape index (κ2) is 8.28. The molecule has 0 saturated carbocycles. The zero-order chi connectivity index (χ0) is 18.3. The molecule has 0 spiro atoms. The van der Waals surface area contributed by atoms with E-state index in [2.05, 4.69) is 46.5 Å². The van der Waals surface area contributed by atoms with E-state index in [0.717, 1.165) is 28.6 Å². The first-order valence-electron chi connectivity index (χ1n) is 9.04. The van der Waals surface area contributed by atoms with Gasteiger partial charge in [-0.15, -0.1) is 0 Å². The predicted octanol–water partition coefficient (Wildman–Crippen LogP) is 5.25. The first-order chi connectivity index (χ1) is 13.4. The fourth-order valence-corrected chi connectivity index (χ4v) is 3.11. The van der Waals surface area contributed by atoms with Crippen molar-refractivity contribution in [1.82, 2.24) is 4.98 Å². The lowest BCUT2D eigenvalue weighted by Gasteiger charge is -2.10. The molecule has 0 aliphatic carbocycles. The average molecular weight is 352 g/mol. The van der Waals surface area contributed by atoms with Crippen LogP contribution < -0.4 is 0 Å². The summed E-state index contributed by atoms with van der Waals surface area (Å²) in [7, 11) is 0. The number of rotatable bonds is 6. The molecular formula is C24H20N2O. The number of nitrogens with zero attached hydrogens (tertiary/aromatic N) is 2. The molecule has 0 amide bonds. The zero-order valence-electron chi connectivity index (χ0n) is 15.0. The number of pyridine rings is 1. The Morgan fingerprint density at radius 3 is 2.48 bits per heavy atom. The van der Waals surface area contributed by atoms with Gasteiger partial charge < -0.3 is 4.84 Å². The minimum absolute atomic E-state index is 0.526. The van der Waals surface area contributed by atoms with Crippen molar-refractivity contribution >= 4 is 16.5 Å². The van der Waals surface area contributed by atoms with Crippen molar-refractivity contribution in [2.75, 3.05) is 6.61 Å². The van der Waals surface area contributed by atoms with E-state index in [1.807, 2.05) is 54.7 Å². The minimum atomic E-state index is 0.526. The van der Waals surface area contributed by atoms with Crippen molar-refractivity contribution in [3.05, 3.63) is 114 Å². The predicted molar refractivity (Wildman–Crippen MR) is 110 cm³/mol. The monoisotopic (exact) mass is 352 g/mol. The third-order valence-corrected chi connectivity index (χ3v) is 4.46. The van der Waals surface area contributed by atoms with Crippen LogP contribution in [-0.2, 0) is 11.3 Å². The lowest BCUT2D eigenvalue weighted by Crippen LogP contribution is -2.07. The van der Waals surface area contributed by atoms with E-state index in [1.54, 1.807) is 6.20 Å². The number of oxime groups is 1. The van der Waals surface area contributed by atoms with Crippen LogP contribution in [0.2, 0.25) is 0 Å². The molecule has 3 heteroatoms. The van der Waals surface area contributed by atoms with E-state index in [-0.39, 0.29) is 0 Å². The Morgan fingerprint density at radius 2 is 1.63 bits per heavy atom. The van der Waals surface area contributed by atoms with E-state index in [0.29, 0.717) is 6.61 Å². The highest BCUT2D eigenvalue weighted by Gasteiger charge is 2.11. The molecule has 132 valence electrons. The van der Waals surface area contributed by atoms with Crippen molar-refractivity contribution in [3.63, 3.8) is 0 Å². The van der Waals surface area contributed by atoms with Gasteiger partial charge in [-0.1, -0.05) is 78.0 Å². The number of hydrogen-bond acceptors (Lipinski definition) is 3. The maximum Gasteiger partial charge on any atom is 0.121 e. The molecule has 1 heterocycles. The Kier molecular flexibility index (Phi) is 5.21. The van der Waals surface area contributed by atoms with Crippen LogP contribution in [-0.4, -0.2) is 17.3 Å². The van der Waals surface area contributed by atoms with E-state index in [1.165, 1.54) is 10.9 Å². The first kappa shape index (κ1) is 17.0. The summed E-state index contributed by atoms with van der Waals surface area (Å²) in [6.07, 6.45) is 4.40. The van der Waals surface area contributed by atoms with E-state index in [9.17, 15) is 0 Å². The van der Waals surface area contributed by atoms with Crippen molar-refractivity contribution in [2.24, 2.45) is 5.16 Å². The van der Waals surface area contributed by atoms with Crippen molar-refractivity contribution in [3.8, 4) is 0 Å². The maximum absolute atomic E-state index is 5.72. The Hall–Kier alpha value is -3.46. The Morgan fingerprint density at radius 1 is 0.815 bits per heavy atom. The van der Waals surface area contributed by atoms with Crippen LogP contribution in [0, 0.1) is 0 Å². The lowest BCUT2D eigenvalue weighted by atomic mass is 9.97. The van der Waals surface area contributed by atoms with Gasteiger partial charge in [0.2, 0.25) is 0 Å². The zero-order valence-corrected chi connectivity index (χ0v) is 15.0. The second-order valence-electron chi connectivity index (χ2n) is 6.28. The molecule has 3 nitrogen and oxygen atoms in total. The van der Waals surface area contributed by atoms with Crippen LogP contribution in [0.1, 0.15) is 16.7 Å². The summed E-state index contributed by atoms with van der Waals surface area (Å²) in [4.78, 5) is 9.97. The smallest absolute Gasteiger partial charge is 0.121 e. The highest BCUT2D eigenvalue weighted by molar-refractivity contribution is 6.19. The summed E-state index contributed by atoms with van der Waals surface area (Å²) in [5, 5.41) is 6.83. The first-order valence-corrected chi connectivity index (χ1v) is 9.04. The van der Waals surface area contributed by atoms with Gasteiger partial charge in [0, 0.05) is 29.9 Å². The quantitative estimate of drug-likeness (QED) is 0.270. The molecule has 0 aliphatic heterocycles. The molecule has 0 aliphatic rings. The highest BCUT2D eigenvalue weighted by Crippen LogP contribution is 2.22. The Labute approximate surface area is 159 Å². The van der Waals surface area contributed by atoms with E-state index in [4.69, 9.17) is 4.84 Å². The highest BCUT2D eigenvalue weighted by atomic mass is 16.6. The van der Waals surface area contributed by atoms with Crippen molar-refractivity contribution < 1.29 is 4.84 Å². The Balaban J connectivity index is 1.65. The SMILES string of the molecule is c1ccc(CCON=C(c2cccnc2)c2cccc3ccccc23)cc1. The van der Waals surface area contributed by atoms with Gasteiger partial charge in [-0.3, -0.25) is 4.98 Å². The van der Waals surface area contributed by atoms with Crippen LogP contribution in [0.3, 0.4) is 0 Å². The van der Waals surface area contributed by atoms with Gasteiger partial charge in [0.1, 0.15) is 12.3 Å². The molecular weight excluding hydrogens is 332 g/mol. The normalized spacial score (nSPS) is 11.5. The van der Waals surface area contributed by atoms with Crippen LogP contribution in [0.15, 0.2) is 102 Å². The standard InChI is InChI=1S/C24H20N2O/c1-2-8-19(9-3-1)15-17-27-26-24(21-12-7-16-25-18-21)23-14-6-11-20-10-4-5-13-22(20)23/h1-14,16,18H,15,17H2. The summed E-state index contributed by atoms with van der Waals surface area (Å²) >= 11 is 0. The molecule has 0 unspecified atom stereocenters. The summed E-state index contributed by atoms with van der Waals surface area (Å²) in [6, 6.07) is 28.8. The van der Waals surface area contributed by atoms with Gasteiger partial charge in [0.25, 0.3) is 0 Å². The number of fused-ring (bicyclic) bond motifs is 1. The van der Waals surface area contributed by atoms with Crippen LogP contribution in [0.5, 0.6) is 0 Å². The van der Waals surface area contributed by atoms with Gasteiger partial charge in [-0.2, -0.15) is 0 Å². The maximum atomic E-state index is 5.72. The third-order valence-electron chi connectivity index (χ3n) is 4.46.